The van der Waals surface area contributed by atoms with Crippen LogP contribution in [0.4, 0.5) is 0 Å². The molecule has 0 fully saturated rings. The third kappa shape index (κ3) is 8.65. The Morgan fingerprint density at radius 3 is 2.38 bits per heavy atom. The first-order valence-corrected chi connectivity index (χ1v) is 15.7. The largest absolute Gasteiger partial charge is 0.497 e. The van der Waals surface area contributed by atoms with Gasteiger partial charge >= 0.3 is 7.12 Å². The number of aliphatic imine (C=N–C) groups is 1. The summed E-state index contributed by atoms with van der Waals surface area (Å²) in [7, 11) is -0.0366. The molecule has 4 N–H and O–H groups in total. The third-order valence-electron chi connectivity index (χ3n) is 7.55. The zero-order valence-electron chi connectivity index (χ0n) is 26.6. The minimum atomic E-state index is -1.64. The van der Waals surface area contributed by atoms with Gasteiger partial charge in [0.25, 0.3) is 5.91 Å². The zero-order valence-corrected chi connectivity index (χ0v) is 27.3. The molecule has 0 aliphatic carbocycles. The van der Waals surface area contributed by atoms with Crippen LogP contribution in [0.5, 0.6) is 5.75 Å². The van der Waals surface area contributed by atoms with Crippen LogP contribution in [-0.4, -0.2) is 96.1 Å². The Morgan fingerprint density at radius 1 is 0.938 bits per heavy atom. The molecule has 4 aromatic rings. The number of fused-ring (bicyclic) bond motifs is 3. The molecule has 13 nitrogen and oxygen atoms in total. The van der Waals surface area contributed by atoms with Gasteiger partial charge in [-0.05, 0) is 54.9 Å². The van der Waals surface area contributed by atoms with Crippen LogP contribution in [0.2, 0.25) is 5.02 Å². The monoisotopic (exact) mass is 674 g/mol. The van der Waals surface area contributed by atoms with E-state index in [0.717, 1.165) is 16.8 Å². The molecule has 5 rings (SSSR count). The average molecular weight is 675 g/mol. The first-order valence-electron chi connectivity index (χ1n) is 15.4. The maximum absolute atomic E-state index is 13.1. The van der Waals surface area contributed by atoms with Crippen molar-refractivity contribution in [2.45, 2.75) is 19.4 Å². The minimum Gasteiger partial charge on any atom is -0.497 e. The van der Waals surface area contributed by atoms with E-state index in [4.69, 9.17) is 30.8 Å². The van der Waals surface area contributed by atoms with Gasteiger partial charge in [0.05, 0.1) is 51.4 Å². The predicted molar refractivity (Wildman–Crippen MR) is 180 cm³/mol. The quantitative estimate of drug-likeness (QED) is 0.108. The van der Waals surface area contributed by atoms with Crippen molar-refractivity contribution < 1.29 is 33.8 Å². The van der Waals surface area contributed by atoms with Gasteiger partial charge in [-0.2, -0.15) is 0 Å². The number of aromatic nitrogens is 3. The van der Waals surface area contributed by atoms with Gasteiger partial charge in [-0.3, -0.25) is 19.1 Å². The van der Waals surface area contributed by atoms with Crippen LogP contribution in [0.3, 0.4) is 0 Å². The summed E-state index contributed by atoms with van der Waals surface area (Å²) in [5, 5.41) is 33.4. The van der Waals surface area contributed by atoms with Gasteiger partial charge in [0.2, 0.25) is 5.91 Å². The smallest absolute Gasteiger partial charge is 0.488 e. The van der Waals surface area contributed by atoms with Gasteiger partial charge in [-0.25, -0.2) is 0 Å². The molecular weight excluding hydrogens is 639 g/mol. The van der Waals surface area contributed by atoms with Crippen LogP contribution in [0.15, 0.2) is 71.7 Å². The maximum atomic E-state index is 13.1. The lowest BCUT2D eigenvalue weighted by Crippen LogP contribution is -2.32. The van der Waals surface area contributed by atoms with Gasteiger partial charge < -0.3 is 34.9 Å². The van der Waals surface area contributed by atoms with E-state index in [0.29, 0.717) is 53.5 Å². The summed E-state index contributed by atoms with van der Waals surface area (Å²) < 4.78 is 18.5. The molecular formula is C33H36BClN6O7. The molecule has 2 heterocycles. The van der Waals surface area contributed by atoms with Crippen molar-refractivity contribution in [2.24, 2.45) is 4.99 Å². The van der Waals surface area contributed by atoms with Crippen LogP contribution in [0, 0.1) is 6.92 Å². The number of nitrogens with zero attached hydrogens (tertiary/aromatic N) is 4. The number of carbonyl (C=O) groups is 2. The SMILES string of the molecule is COc1ccc2c(c1)C(c1ccc(Cl)cc1)=N[C@@H](CC(=O)NCCOCCOCCNC(=O)c1cccc(B(O)O)c1)c1nnc(C)n1-2. The van der Waals surface area contributed by atoms with E-state index in [2.05, 4.69) is 20.8 Å². The van der Waals surface area contributed by atoms with Crippen molar-refractivity contribution in [2.75, 3.05) is 46.6 Å². The first kappa shape index (κ1) is 34.7. The van der Waals surface area contributed by atoms with Gasteiger partial charge in [-0.1, -0.05) is 35.9 Å². The van der Waals surface area contributed by atoms with Crippen LogP contribution in [0.25, 0.3) is 5.69 Å². The van der Waals surface area contributed by atoms with Crippen molar-refractivity contribution in [3.63, 3.8) is 0 Å². The van der Waals surface area contributed by atoms with E-state index in [-0.39, 0.29) is 43.5 Å². The number of carbonyl (C=O) groups excluding carboxylic acids is 2. The molecule has 250 valence electrons. The van der Waals surface area contributed by atoms with Crippen LogP contribution < -0.4 is 20.8 Å². The van der Waals surface area contributed by atoms with Gasteiger partial charge in [0.15, 0.2) is 5.82 Å². The highest BCUT2D eigenvalue weighted by Crippen LogP contribution is 2.34. The summed E-state index contributed by atoms with van der Waals surface area (Å²) in [5.41, 5.74) is 3.72. The Bertz CT molecular complexity index is 1770. The second-order valence-electron chi connectivity index (χ2n) is 10.9. The highest BCUT2D eigenvalue weighted by Gasteiger charge is 2.30. The molecule has 1 aliphatic heterocycles. The Kier molecular flexibility index (Phi) is 11.9. The fourth-order valence-electron chi connectivity index (χ4n) is 5.19. The molecule has 1 aromatic heterocycles. The fourth-order valence-corrected chi connectivity index (χ4v) is 5.31. The molecule has 0 spiro atoms. The first-order chi connectivity index (χ1) is 23.2. The fraction of sp³-hybridized carbons (Fsp3) is 0.303. The number of benzene rings is 3. The normalized spacial score (nSPS) is 13.5. The Labute approximate surface area is 283 Å². The summed E-state index contributed by atoms with van der Waals surface area (Å²) in [4.78, 5) is 30.4. The highest BCUT2D eigenvalue weighted by molar-refractivity contribution is 6.58. The zero-order chi connectivity index (χ0) is 34.0. The number of ether oxygens (including phenoxy) is 3. The van der Waals surface area contributed by atoms with Crippen molar-refractivity contribution >= 4 is 41.7 Å². The summed E-state index contributed by atoms with van der Waals surface area (Å²) >= 11 is 6.18. The second-order valence-corrected chi connectivity index (χ2v) is 11.3. The average Bonchev–Trinajstić information content (AvgIpc) is 3.42. The summed E-state index contributed by atoms with van der Waals surface area (Å²) in [6, 6.07) is 18.6. The number of methoxy groups -OCH3 is 1. The van der Waals surface area contributed by atoms with Crippen LogP contribution in [0.1, 0.15) is 45.6 Å². The van der Waals surface area contributed by atoms with E-state index in [1.807, 2.05) is 41.8 Å². The van der Waals surface area contributed by atoms with E-state index in [1.54, 1.807) is 31.4 Å². The van der Waals surface area contributed by atoms with Gasteiger partial charge in [0.1, 0.15) is 17.6 Å². The van der Waals surface area contributed by atoms with E-state index in [9.17, 15) is 19.6 Å². The molecule has 2 amide bonds. The third-order valence-corrected chi connectivity index (χ3v) is 7.80. The number of hydrogen-bond acceptors (Lipinski definition) is 10. The Balaban J connectivity index is 1.10. The van der Waals surface area contributed by atoms with Crippen molar-refractivity contribution in [1.29, 1.82) is 0 Å². The highest BCUT2D eigenvalue weighted by atomic mass is 35.5. The van der Waals surface area contributed by atoms with Crippen molar-refractivity contribution in [3.8, 4) is 11.4 Å². The molecule has 0 radical (unpaired) electrons. The molecule has 48 heavy (non-hydrogen) atoms. The Morgan fingerprint density at radius 2 is 1.67 bits per heavy atom. The number of rotatable bonds is 15. The van der Waals surface area contributed by atoms with E-state index >= 15 is 0 Å². The lowest BCUT2D eigenvalue weighted by molar-refractivity contribution is -0.121. The number of amides is 2. The molecule has 0 saturated carbocycles. The second kappa shape index (κ2) is 16.5. The molecule has 0 bridgehead atoms. The maximum Gasteiger partial charge on any atom is 0.488 e. The number of hydrogen-bond donors (Lipinski definition) is 4. The van der Waals surface area contributed by atoms with Gasteiger partial charge in [0, 0.05) is 34.8 Å². The predicted octanol–water partition coefficient (Wildman–Crippen LogP) is 1.78. The molecule has 15 heteroatoms. The molecule has 0 saturated heterocycles. The van der Waals surface area contributed by atoms with Crippen LogP contribution in [-0.2, 0) is 14.3 Å². The topological polar surface area (TPSA) is 169 Å². The number of halogens is 1. The minimum absolute atomic E-state index is 0.0417. The standard InChI is InChI=1S/C33H36BClN6O7/c1-21-39-40-32-28(38-31(22-6-8-25(35)9-7-22)27-19-26(46-2)10-11-29(27)41(21)32)20-30(42)36-12-14-47-16-17-48-15-13-37-33(43)23-4-3-5-24(18-23)34(44)45/h3-11,18-19,28,44-45H,12-17,20H2,1-2H3,(H,36,42)(H,37,43)/t28-/m0/s1. The molecule has 1 aliphatic rings. The molecule has 3 aromatic carbocycles. The van der Waals surface area contributed by atoms with Crippen molar-refractivity contribution in [3.05, 3.63) is 100 Å². The van der Waals surface area contributed by atoms with E-state index < -0.39 is 13.2 Å². The number of aryl methyl sites for hydroxylation is 1. The van der Waals surface area contributed by atoms with E-state index in [1.165, 1.54) is 12.1 Å². The van der Waals surface area contributed by atoms with Crippen molar-refractivity contribution in [1.82, 2.24) is 25.4 Å². The molecule has 1 atom stereocenters. The van der Waals surface area contributed by atoms with Crippen LogP contribution >= 0.6 is 11.6 Å². The summed E-state index contributed by atoms with van der Waals surface area (Å²) in [5.74, 6) is 1.33. The Hall–Kier alpha value is -4.60. The number of nitrogens with one attached hydrogen (secondary N) is 2. The van der Waals surface area contributed by atoms with Gasteiger partial charge in [-0.15, -0.1) is 10.2 Å². The molecule has 0 unspecified atom stereocenters. The lowest BCUT2D eigenvalue weighted by Gasteiger charge is -2.14. The lowest BCUT2D eigenvalue weighted by atomic mass is 9.79. The summed E-state index contributed by atoms with van der Waals surface area (Å²) in [6.07, 6.45) is 0.0417. The summed E-state index contributed by atoms with van der Waals surface area (Å²) in [6.45, 7) is 3.59.